The fourth-order valence-corrected chi connectivity index (χ4v) is 3.11. The summed E-state index contributed by atoms with van der Waals surface area (Å²) in [6.45, 7) is 0.961. The number of hydrogen-bond donors (Lipinski definition) is 0. The van der Waals surface area contributed by atoms with Crippen molar-refractivity contribution in [1.29, 1.82) is 0 Å². The van der Waals surface area contributed by atoms with Gasteiger partial charge in [-0.1, -0.05) is 16.8 Å². The Balaban J connectivity index is 1.62. The Morgan fingerprint density at radius 3 is 2.56 bits per heavy atom. The molecular formula is C19H14ClFN2O2. The molecule has 2 aromatic carbocycles. The van der Waals surface area contributed by atoms with Crippen LogP contribution in [0.4, 0.5) is 4.39 Å². The minimum absolute atomic E-state index is 0.131. The molecule has 4 rings (SSSR count). The maximum Gasteiger partial charge on any atom is 0.254 e. The molecule has 0 saturated heterocycles. The fraction of sp³-hybridized carbons (Fsp3) is 0.158. The Hall–Kier alpha value is -2.66. The molecular weight excluding hydrogens is 343 g/mol. The van der Waals surface area contributed by atoms with E-state index in [0.717, 1.165) is 16.8 Å². The molecule has 0 spiro atoms. The van der Waals surface area contributed by atoms with Crippen LogP contribution in [0.5, 0.6) is 0 Å². The number of benzene rings is 2. The number of fused-ring (bicyclic) bond motifs is 1. The maximum absolute atomic E-state index is 13.1. The van der Waals surface area contributed by atoms with Gasteiger partial charge in [0.1, 0.15) is 5.82 Å². The van der Waals surface area contributed by atoms with Crippen LogP contribution in [0, 0.1) is 5.82 Å². The molecule has 2 heterocycles. The minimum Gasteiger partial charge on any atom is -0.356 e. The molecule has 1 aliphatic heterocycles. The van der Waals surface area contributed by atoms with Gasteiger partial charge in [-0.05, 0) is 48.5 Å². The summed E-state index contributed by atoms with van der Waals surface area (Å²) in [6, 6.07) is 12.9. The van der Waals surface area contributed by atoms with Crippen molar-refractivity contribution in [2.24, 2.45) is 0 Å². The first-order valence-electron chi connectivity index (χ1n) is 7.90. The third kappa shape index (κ3) is 3.03. The molecule has 3 aromatic rings. The quantitative estimate of drug-likeness (QED) is 0.686. The first kappa shape index (κ1) is 15.8. The first-order chi connectivity index (χ1) is 12.1. The van der Waals surface area contributed by atoms with Gasteiger partial charge in [-0.3, -0.25) is 4.79 Å². The molecule has 0 radical (unpaired) electrons. The number of carbonyl (C=O) groups excluding carboxylic acids is 1. The van der Waals surface area contributed by atoms with Gasteiger partial charge in [-0.2, -0.15) is 0 Å². The number of amides is 1. The Labute approximate surface area is 148 Å². The van der Waals surface area contributed by atoms with Crippen LogP contribution in [-0.2, 0) is 13.0 Å². The maximum atomic E-state index is 13.1. The molecule has 1 aromatic heterocycles. The van der Waals surface area contributed by atoms with E-state index in [9.17, 15) is 9.18 Å². The molecule has 1 amide bonds. The van der Waals surface area contributed by atoms with Crippen LogP contribution in [0.2, 0.25) is 5.02 Å². The Bertz CT molecular complexity index is 920. The van der Waals surface area contributed by atoms with Crippen LogP contribution >= 0.6 is 11.6 Å². The van der Waals surface area contributed by atoms with E-state index in [-0.39, 0.29) is 11.7 Å². The van der Waals surface area contributed by atoms with Crippen molar-refractivity contribution in [1.82, 2.24) is 10.1 Å². The van der Waals surface area contributed by atoms with Crippen molar-refractivity contribution in [3.63, 3.8) is 0 Å². The van der Waals surface area contributed by atoms with Gasteiger partial charge in [-0.25, -0.2) is 4.39 Å². The Morgan fingerprint density at radius 2 is 1.84 bits per heavy atom. The van der Waals surface area contributed by atoms with Gasteiger partial charge in [0, 0.05) is 34.7 Å². The van der Waals surface area contributed by atoms with Gasteiger partial charge >= 0.3 is 0 Å². The summed E-state index contributed by atoms with van der Waals surface area (Å²) < 4.78 is 18.6. The number of hydrogen-bond acceptors (Lipinski definition) is 3. The lowest BCUT2D eigenvalue weighted by atomic mass is 10.0. The van der Waals surface area contributed by atoms with E-state index < -0.39 is 0 Å². The van der Waals surface area contributed by atoms with Crippen molar-refractivity contribution < 1.29 is 13.7 Å². The number of aromatic nitrogens is 1. The highest BCUT2D eigenvalue weighted by Crippen LogP contribution is 2.31. The lowest BCUT2D eigenvalue weighted by molar-refractivity contribution is 0.0734. The average molecular weight is 357 g/mol. The van der Waals surface area contributed by atoms with Crippen LogP contribution in [0.25, 0.3) is 11.3 Å². The topological polar surface area (TPSA) is 46.3 Å². The molecule has 4 nitrogen and oxygen atoms in total. The van der Waals surface area contributed by atoms with E-state index in [0.29, 0.717) is 35.9 Å². The fourth-order valence-electron chi connectivity index (χ4n) is 2.99. The number of carbonyl (C=O) groups is 1. The van der Waals surface area contributed by atoms with E-state index in [2.05, 4.69) is 5.16 Å². The highest BCUT2D eigenvalue weighted by molar-refractivity contribution is 6.30. The monoisotopic (exact) mass is 356 g/mol. The summed E-state index contributed by atoms with van der Waals surface area (Å²) in [4.78, 5) is 14.4. The number of halogens is 2. The van der Waals surface area contributed by atoms with Gasteiger partial charge in [-0.15, -0.1) is 0 Å². The van der Waals surface area contributed by atoms with Gasteiger partial charge in [0.2, 0.25) is 0 Å². The zero-order chi connectivity index (χ0) is 17.4. The molecule has 126 valence electrons. The molecule has 0 N–H and O–H groups in total. The van der Waals surface area contributed by atoms with Crippen LogP contribution in [-0.4, -0.2) is 22.5 Å². The van der Waals surface area contributed by atoms with Crippen LogP contribution in [0.15, 0.2) is 53.1 Å². The Morgan fingerprint density at radius 1 is 1.12 bits per heavy atom. The van der Waals surface area contributed by atoms with Crippen molar-refractivity contribution in [2.75, 3.05) is 6.54 Å². The normalized spacial score (nSPS) is 13.6. The summed E-state index contributed by atoms with van der Waals surface area (Å²) >= 11 is 5.93. The molecule has 0 fully saturated rings. The van der Waals surface area contributed by atoms with Crippen molar-refractivity contribution in [3.05, 3.63) is 76.2 Å². The predicted octanol–water partition coefficient (Wildman–Crippen LogP) is 4.33. The second-order valence-corrected chi connectivity index (χ2v) is 6.36. The summed E-state index contributed by atoms with van der Waals surface area (Å²) in [6.07, 6.45) is 0.624. The van der Waals surface area contributed by atoms with Crippen molar-refractivity contribution in [2.45, 2.75) is 13.0 Å². The minimum atomic E-state index is -0.360. The lowest BCUT2D eigenvalue weighted by Gasteiger charge is -2.26. The second-order valence-electron chi connectivity index (χ2n) is 5.93. The molecule has 0 saturated carbocycles. The van der Waals surface area contributed by atoms with E-state index in [1.165, 1.54) is 24.3 Å². The SMILES string of the molecule is O=C(c1ccc(F)cc1)N1CCc2noc(-c3ccc(Cl)cc3)c2C1. The van der Waals surface area contributed by atoms with E-state index >= 15 is 0 Å². The van der Waals surface area contributed by atoms with Crippen molar-refractivity contribution in [3.8, 4) is 11.3 Å². The average Bonchev–Trinajstić information content (AvgIpc) is 3.05. The second kappa shape index (κ2) is 6.33. The van der Waals surface area contributed by atoms with Gasteiger partial charge in [0.05, 0.1) is 12.2 Å². The van der Waals surface area contributed by atoms with E-state index in [1.807, 2.05) is 12.1 Å². The zero-order valence-electron chi connectivity index (χ0n) is 13.2. The third-order valence-electron chi connectivity index (χ3n) is 4.32. The summed E-state index contributed by atoms with van der Waals surface area (Å²) in [5.74, 6) is 0.165. The van der Waals surface area contributed by atoms with Crippen LogP contribution in [0.3, 0.4) is 0 Å². The van der Waals surface area contributed by atoms with Gasteiger partial charge in [0.25, 0.3) is 5.91 Å². The molecule has 0 aliphatic carbocycles. The molecule has 0 atom stereocenters. The smallest absolute Gasteiger partial charge is 0.254 e. The van der Waals surface area contributed by atoms with Crippen LogP contribution in [0.1, 0.15) is 21.6 Å². The Kier molecular flexibility index (Phi) is 4.01. The molecule has 6 heteroatoms. The first-order valence-corrected chi connectivity index (χ1v) is 8.28. The van der Waals surface area contributed by atoms with E-state index in [4.69, 9.17) is 16.1 Å². The summed E-state index contributed by atoms with van der Waals surface area (Å²) in [5, 5.41) is 4.78. The summed E-state index contributed by atoms with van der Waals surface area (Å²) in [5.41, 5.74) is 3.11. The van der Waals surface area contributed by atoms with Crippen molar-refractivity contribution >= 4 is 17.5 Å². The van der Waals surface area contributed by atoms with E-state index in [1.54, 1.807) is 17.0 Å². The molecule has 25 heavy (non-hydrogen) atoms. The molecule has 0 bridgehead atoms. The number of nitrogens with zero attached hydrogens (tertiary/aromatic N) is 2. The molecule has 1 aliphatic rings. The van der Waals surface area contributed by atoms with Gasteiger partial charge in [0.15, 0.2) is 5.76 Å². The highest BCUT2D eigenvalue weighted by Gasteiger charge is 2.28. The summed E-state index contributed by atoms with van der Waals surface area (Å²) in [7, 11) is 0. The third-order valence-corrected chi connectivity index (χ3v) is 4.57. The standard InChI is InChI=1S/C19H14ClFN2O2/c20-14-5-1-12(2-6-14)18-16-11-23(10-9-17(16)22-25-18)19(24)13-3-7-15(21)8-4-13/h1-8H,9-11H2. The highest BCUT2D eigenvalue weighted by atomic mass is 35.5. The largest absolute Gasteiger partial charge is 0.356 e. The van der Waals surface area contributed by atoms with Gasteiger partial charge < -0.3 is 9.42 Å². The van der Waals surface area contributed by atoms with Crippen LogP contribution < -0.4 is 0 Å². The number of rotatable bonds is 2. The lowest BCUT2D eigenvalue weighted by Crippen LogP contribution is -2.35. The molecule has 0 unspecified atom stereocenters. The predicted molar refractivity (Wildman–Crippen MR) is 91.8 cm³/mol. The zero-order valence-corrected chi connectivity index (χ0v) is 14.0.